The maximum atomic E-state index is 15.6. The fourth-order valence-corrected chi connectivity index (χ4v) is 4.47. The fraction of sp³-hybridized carbons (Fsp3) is 0.700. The van der Waals surface area contributed by atoms with Crippen LogP contribution in [0.3, 0.4) is 0 Å². The van der Waals surface area contributed by atoms with Crippen LogP contribution in [0.4, 0.5) is 10.3 Å². The lowest BCUT2D eigenvalue weighted by Gasteiger charge is -2.39. The molecule has 32 heavy (non-hydrogen) atoms. The van der Waals surface area contributed by atoms with Gasteiger partial charge in [-0.15, -0.1) is 0 Å². The molecule has 2 aromatic rings. The molecule has 1 fully saturated rings. The van der Waals surface area contributed by atoms with Gasteiger partial charge in [-0.1, -0.05) is 34.6 Å². The van der Waals surface area contributed by atoms with E-state index in [1.54, 1.807) is 13.8 Å². The molecule has 1 aliphatic heterocycles. The molecule has 4 atom stereocenters. The first-order valence-electron chi connectivity index (χ1n) is 10.6. The van der Waals surface area contributed by atoms with Gasteiger partial charge in [0.2, 0.25) is 11.9 Å². The summed E-state index contributed by atoms with van der Waals surface area (Å²) in [5, 5.41) is 12.2. The first-order chi connectivity index (χ1) is 14.8. The molecule has 10 nitrogen and oxygen atoms in total. The normalized spacial score (nSPS) is 24.4. The zero-order chi connectivity index (χ0) is 24.0. The highest BCUT2D eigenvalue weighted by Gasteiger charge is 2.51. The number of aliphatic hydroxyl groups excluding tert-OH is 1. The number of ether oxygens (including phenoxy) is 1. The number of alkyl halides is 1. The fourth-order valence-electron chi connectivity index (χ4n) is 3.16. The smallest absolute Gasteiger partial charge is 0.280 e. The van der Waals surface area contributed by atoms with Gasteiger partial charge in [0.05, 0.1) is 12.9 Å². The van der Waals surface area contributed by atoms with E-state index in [9.17, 15) is 14.7 Å². The number of aromatic nitrogens is 4. The number of anilines is 1. The lowest BCUT2D eigenvalue weighted by molar-refractivity contribution is -0.118. The van der Waals surface area contributed by atoms with Gasteiger partial charge in [-0.05, 0) is 18.1 Å². The minimum absolute atomic E-state index is 0.0161. The Bertz CT molecular complexity index is 1050. The lowest BCUT2D eigenvalue weighted by Crippen LogP contribution is -2.49. The topological polar surface area (TPSA) is 131 Å². The molecule has 2 aromatic heterocycles. The molecule has 0 aromatic carbocycles. The Morgan fingerprint density at radius 1 is 1.44 bits per heavy atom. The molecule has 0 radical (unpaired) electrons. The predicted molar refractivity (Wildman–Crippen MR) is 120 cm³/mol. The van der Waals surface area contributed by atoms with Crippen LogP contribution in [-0.4, -0.2) is 63.8 Å². The largest absolute Gasteiger partial charge is 0.408 e. The van der Waals surface area contributed by atoms with E-state index in [2.05, 4.69) is 20.3 Å². The first-order valence-corrected chi connectivity index (χ1v) is 13.5. The third kappa shape index (κ3) is 4.49. The highest BCUT2D eigenvalue weighted by Crippen LogP contribution is 2.42. The van der Waals surface area contributed by atoms with Gasteiger partial charge in [0, 0.05) is 5.92 Å². The van der Waals surface area contributed by atoms with Gasteiger partial charge < -0.3 is 14.3 Å². The summed E-state index contributed by atoms with van der Waals surface area (Å²) in [4.78, 5) is 35.2. The molecule has 2 unspecified atom stereocenters. The second-order valence-electron chi connectivity index (χ2n) is 9.92. The van der Waals surface area contributed by atoms with E-state index in [0.29, 0.717) is 0 Å². The van der Waals surface area contributed by atoms with Crippen LogP contribution in [0, 0.1) is 5.92 Å². The standard InChI is InChI=1S/C20H32FN5O5Si/c1-10(2)16(28)24-19-23-15-13(17(29)25-19)22-9-26(15)18-12(21)14(11(8-27)30-18)31-32(6,7)20(3,4)5/h9-12,14,18,27H,8H2,1-7H3,(H2,23,24,25,28,29)/t11-,12?,14?,18-/m1/s1. The van der Waals surface area contributed by atoms with Crippen molar-refractivity contribution in [2.24, 2.45) is 5.92 Å². The van der Waals surface area contributed by atoms with Crippen LogP contribution in [0.2, 0.25) is 18.1 Å². The van der Waals surface area contributed by atoms with Crippen LogP contribution in [0.5, 0.6) is 0 Å². The molecule has 0 bridgehead atoms. The number of nitrogens with zero attached hydrogens (tertiary/aromatic N) is 3. The van der Waals surface area contributed by atoms with Crippen molar-refractivity contribution in [1.29, 1.82) is 0 Å². The lowest BCUT2D eigenvalue weighted by atomic mass is 10.1. The Labute approximate surface area is 186 Å². The van der Waals surface area contributed by atoms with Crippen molar-refractivity contribution in [3.05, 3.63) is 16.7 Å². The number of halogens is 1. The molecule has 0 spiro atoms. The zero-order valence-electron chi connectivity index (χ0n) is 19.5. The number of aromatic amines is 1. The number of amides is 1. The van der Waals surface area contributed by atoms with Crippen LogP contribution in [0.1, 0.15) is 40.8 Å². The Morgan fingerprint density at radius 2 is 2.09 bits per heavy atom. The molecule has 0 saturated carbocycles. The van der Waals surface area contributed by atoms with E-state index >= 15 is 4.39 Å². The van der Waals surface area contributed by atoms with Gasteiger partial charge in [0.15, 0.2) is 31.9 Å². The van der Waals surface area contributed by atoms with E-state index in [1.807, 2.05) is 33.9 Å². The number of hydrogen-bond donors (Lipinski definition) is 3. The quantitative estimate of drug-likeness (QED) is 0.553. The molecular formula is C20H32FN5O5Si. The summed E-state index contributed by atoms with van der Waals surface area (Å²) in [6.07, 6.45) is -3.43. The average molecular weight is 470 g/mol. The zero-order valence-corrected chi connectivity index (χ0v) is 20.5. The number of imidazole rings is 1. The van der Waals surface area contributed by atoms with Gasteiger partial charge in [-0.25, -0.2) is 9.37 Å². The summed E-state index contributed by atoms with van der Waals surface area (Å²) in [5.74, 6) is -0.723. The molecule has 1 amide bonds. The Hall–Kier alpha value is -2.15. The number of H-pyrrole nitrogens is 1. The Morgan fingerprint density at radius 3 is 2.66 bits per heavy atom. The second-order valence-corrected chi connectivity index (χ2v) is 14.7. The molecule has 3 rings (SSSR count). The number of rotatable bonds is 6. The van der Waals surface area contributed by atoms with E-state index < -0.39 is 45.1 Å². The number of fused-ring (bicyclic) bond motifs is 1. The maximum absolute atomic E-state index is 15.6. The average Bonchev–Trinajstić information content (AvgIpc) is 3.22. The number of hydrogen-bond acceptors (Lipinski definition) is 7. The number of carbonyl (C=O) groups is 1. The minimum Gasteiger partial charge on any atom is -0.408 e. The summed E-state index contributed by atoms with van der Waals surface area (Å²) < 4.78 is 29.0. The van der Waals surface area contributed by atoms with Crippen LogP contribution in [0.15, 0.2) is 11.1 Å². The first kappa shape index (κ1) is 24.5. The predicted octanol–water partition coefficient (Wildman–Crippen LogP) is 2.33. The molecule has 0 aliphatic carbocycles. The van der Waals surface area contributed by atoms with Gasteiger partial charge in [-0.2, -0.15) is 4.98 Å². The highest BCUT2D eigenvalue weighted by molar-refractivity contribution is 6.74. The van der Waals surface area contributed by atoms with Crippen LogP contribution >= 0.6 is 0 Å². The van der Waals surface area contributed by atoms with E-state index in [0.717, 1.165) is 0 Å². The third-order valence-electron chi connectivity index (χ3n) is 6.16. The number of carbonyl (C=O) groups excluding carboxylic acids is 1. The van der Waals surface area contributed by atoms with Crippen molar-refractivity contribution < 1.29 is 23.5 Å². The third-order valence-corrected chi connectivity index (χ3v) is 10.6. The van der Waals surface area contributed by atoms with Crippen LogP contribution in [0.25, 0.3) is 11.2 Å². The molecule has 3 heterocycles. The number of nitrogens with one attached hydrogen (secondary N) is 2. The monoisotopic (exact) mass is 469 g/mol. The van der Waals surface area contributed by atoms with Crippen molar-refractivity contribution in [1.82, 2.24) is 19.5 Å². The van der Waals surface area contributed by atoms with Crippen molar-refractivity contribution in [3.8, 4) is 0 Å². The van der Waals surface area contributed by atoms with Crippen molar-refractivity contribution >= 4 is 31.3 Å². The molecule has 1 aliphatic rings. The SMILES string of the molecule is CC(C)C(=O)Nc1nc2c(ncn2[C@@H]2O[C@H](CO)C(O[Si](C)(C)C(C)(C)C)C2F)c(=O)[nH]1. The summed E-state index contributed by atoms with van der Waals surface area (Å²) >= 11 is 0. The summed E-state index contributed by atoms with van der Waals surface area (Å²) in [7, 11) is -2.36. The summed E-state index contributed by atoms with van der Waals surface area (Å²) in [6.45, 7) is 13.1. The molecule has 1 saturated heterocycles. The molecule has 12 heteroatoms. The van der Waals surface area contributed by atoms with Crippen molar-refractivity contribution in [2.75, 3.05) is 11.9 Å². The second kappa shape index (κ2) is 8.65. The number of aliphatic hydroxyl groups is 1. The molecule has 178 valence electrons. The molecule has 3 N–H and O–H groups in total. The van der Waals surface area contributed by atoms with Crippen LogP contribution in [-0.2, 0) is 14.0 Å². The summed E-state index contributed by atoms with van der Waals surface area (Å²) in [5.41, 5.74) is -0.531. The Balaban J connectivity index is 1.97. The van der Waals surface area contributed by atoms with Crippen molar-refractivity contribution in [2.45, 2.75) is 77.4 Å². The van der Waals surface area contributed by atoms with E-state index in [1.165, 1.54) is 10.9 Å². The van der Waals surface area contributed by atoms with Gasteiger partial charge in [-0.3, -0.25) is 24.5 Å². The molecular weight excluding hydrogens is 437 g/mol. The van der Waals surface area contributed by atoms with Crippen LogP contribution < -0.4 is 10.9 Å². The van der Waals surface area contributed by atoms with Gasteiger partial charge in [0.1, 0.15) is 12.2 Å². The van der Waals surface area contributed by atoms with Crippen molar-refractivity contribution in [3.63, 3.8) is 0 Å². The van der Waals surface area contributed by atoms with E-state index in [4.69, 9.17) is 9.16 Å². The van der Waals surface area contributed by atoms with E-state index in [-0.39, 0.29) is 34.0 Å². The minimum atomic E-state index is -2.36. The maximum Gasteiger partial charge on any atom is 0.280 e. The Kier molecular flexibility index (Phi) is 6.62. The summed E-state index contributed by atoms with van der Waals surface area (Å²) in [6, 6.07) is 0. The highest BCUT2D eigenvalue weighted by atomic mass is 28.4. The van der Waals surface area contributed by atoms with Gasteiger partial charge >= 0.3 is 0 Å². The van der Waals surface area contributed by atoms with Gasteiger partial charge in [0.25, 0.3) is 5.56 Å².